The molecule has 3 aliphatic rings. The van der Waals surface area contributed by atoms with Crippen molar-refractivity contribution in [2.24, 2.45) is 5.41 Å². The van der Waals surface area contributed by atoms with Gasteiger partial charge in [-0.25, -0.2) is 0 Å². The molecule has 1 atom stereocenters. The van der Waals surface area contributed by atoms with Gasteiger partial charge in [0.2, 0.25) is 5.91 Å². The quantitative estimate of drug-likeness (QED) is 0.865. The first-order valence-corrected chi connectivity index (χ1v) is 8.88. The van der Waals surface area contributed by atoms with Crippen LogP contribution in [0.1, 0.15) is 57.8 Å². The van der Waals surface area contributed by atoms with E-state index in [2.05, 4.69) is 10.2 Å². The smallest absolute Gasteiger partial charge is 0.222 e. The van der Waals surface area contributed by atoms with Crippen LogP contribution in [-0.4, -0.2) is 49.7 Å². The molecule has 0 radical (unpaired) electrons. The third-order valence-electron chi connectivity index (χ3n) is 5.80. The summed E-state index contributed by atoms with van der Waals surface area (Å²) in [4.78, 5) is 14.5. The number of halogens is 1. The molecule has 0 aromatic carbocycles. The number of likely N-dealkylation sites (tertiary alicyclic amines) is 1. The molecule has 1 spiro atoms. The maximum atomic E-state index is 12.4. The van der Waals surface area contributed by atoms with Crippen molar-refractivity contribution in [3.05, 3.63) is 0 Å². The Kier molecular flexibility index (Phi) is 6.97. The molecule has 0 aromatic heterocycles. The highest BCUT2D eigenvalue weighted by Crippen LogP contribution is 2.39. The zero-order chi connectivity index (χ0) is 14.5. The van der Waals surface area contributed by atoms with Crippen LogP contribution < -0.4 is 5.32 Å². The fourth-order valence-corrected chi connectivity index (χ4v) is 4.17. The van der Waals surface area contributed by atoms with Gasteiger partial charge in [-0.3, -0.25) is 4.79 Å². The molecule has 3 fully saturated rings. The van der Waals surface area contributed by atoms with E-state index >= 15 is 0 Å². The summed E-state index contributed by atoms with van der Waals surface area (Å²) in [6.07, 6.45) is 10.5. The first kappa shape index (κ1) is 18.0. The molecular weight excluding hydrogens is 300 g/mol. The van der Waals surface area contributed by atoms with E-state index in [-0.39, 0.29) is 12.4 Å². The highest BCUT2D eigenvalue weighted by Gasteiger charge is 2.36. The normalized spacial score (nSPS) is 28.2. The molecule has 5 heteroatoms. The maximum Gasteiger partial charge on any atom is 0.222 e. The molecule has 3 saturated heterocycles. The van der Waals surface area contributed by atoms with Gasteiger partial charge < -0.3 is 15.0 Å². The summed E-state index contributed by atoms with van der Waals surface area (Å²) in [7, 11) is 0. The predicted octanol–water partition coefficient (Wildman–Crippen LogP) is 2.75. The number of hydrogen-bond donors (Lipinski definition) is 1. The molecule has 0 bridgehead atoms. The van der Waals surface area contributed by atoms with Crippen LogP contribution >= 0.6 is 12.4 Å². The number of hydrogen-bond acceptors (Lipinski definition) is 3. The predicted molar refractivity (Wildman–Crippen MR) is 90.4 cm³/mol. The summed E-state index contributed by atoms with van der Waals surface area (Å²) >= 11 is 0. The number of piperidine rings is 2. The summed E-state index contributed by atoms with van der Waals surface area (Å²) < 4.78 is 5.73. The van der Waals surface area contributed by atoms with Crippen LogP contribution in [0.3, 0.4) is 0 Å². The molecule has 3 heterocycles. The summed E-state index contributed by atoms with van der Waals surface area (Å²) in [5.41, 5.74) is 0.536. The highest BCUT2D eigenvalue weighted by atomic mass is 35.5. The van der Waals surface area contributed by atoms with E-state index < -0.39 is 0 Å². The Balaban J connectivity index is 0.00000176. The minimum absolute atomic E-state index is 0. The number of carbonyl (C=O) groups excluding carboxylic acids is 1. The Hall–Kier alpha value is -0.320. The Morgan fingerprint density at radius 2 is 1.86 bits per heavy atom. The third kappa shape index (κ3) is 4.59. The minimum Gasteiger partial charge on any atom is -0.378 e. The lowest BCUT2D eigenvalue weighted by Gasteiger charge is -2.44. The second kappa shape index (κ2) is 8.51. The van der Waals surface area contributed by atoms with E-state index in [1.54, 1.807) is 0 Å². The fraction of sp³-hybridized carbons (Fsp3) is 0.941. The van der Waals surface area contributed by atoms with Crippen molar-refractivity contribution in [3.8, 4) is 0 Å². The zero-order valence-corrected chi connectivity index (χ0v) is 14.5. The molecule has 1 N–H and O–H groups in total. The van der Waals surface area contributed by atoms with Crippen molar-refractivity contribution in [2.75, 3.05) is 32.8 Å². The monoisotopic (exact) mass is 330 g/mol. The highest BCUT2D eigenvalue weighted by molar-refractivity contribution is 5.85. The van der Waals surface area contributed by atoms with Crippen LogP contribution in [-0.2, 0) is 9.53 Å². The van der Waals surface area contributed by atoms with Crippen molar-refractivity contribution >= 4 is 18.3 Å². The fourth-order valence-electron chi connectivity index (χ4n) is 4.17. The average molecular weight is 331 g/mol. The second-order valence-corrected chi connectivity index (χ2v) is 7.16. The molecule has 128 valence electrons. The van der Waals surface area contributed by atoms with Gasteiger partial charge in [0.25, 0.3) is 0 Å². The van der Waals surface area contributed by atoms with Gasteiger partial charge in [-0.05, 0) is 69.9 Å². The van der Waals surface area contributed by atoms with E-state index in [1.807, 2.05) is 0 Å². The number of amides is 1. The van der Waals surface area contributed by atoms with Crippen molar-refractivity contribution in [3.63, 3.8) is 0 Å². The Morgan fingerprint density at radius 1 is 1.14 bits per heavy atom. The lowest BCUT2D eigenvalue weighted by atomic mass is 9.71. The molecule has 1 unspecified atom stereocenters. The molecule has 0 saturated carbocycles. The van der Waals surface area contributed by atoms with Crippen molar-refractivity contribution in [1.29, 1.82) is 0 Å². The lowest BCUT2D eigenvalue weighted by Crippen LogP contribution is -2.47. The van der Waals surface area contributed by atoms with Crippen LogP contribution in [0.15, 0.2) is 0 Å². The first-order chi connectivity index (χ1) is 10.3. The van der Waals surface area contributed by atoms with Crippen LogP contribution in [0, 0.1) is 5.41 Å². The van der Waals surface area contributed by atoms with Crippen LogP contribution in [0.25, 0.3) is 0 Å². The van der Waals surface area contributed by atoms with Gasteiger partial charge in [0.1, 0.15) is 0 Å². The van der Waals surface area contributed by atoms with Crippen LogP contribution in [0.5, 0.6) is 0 Å². The third-order valence-corrected chi connectivity index (χ3v) is 5.80. The number of carbonyl (C=O) groups is 1. The average Bonchev–Trinajstić information content (AvgIpc) is 2.55. The van der Waals surface area contributed by atoms with E-state index in [4.69, 9.17) is 4.74 Å². The van der Waals surface area contributed by atoms with E-state index in [9.17, 15) is 4.79 Å². The van der Waals surface area contributed by atoms with Gasteiger partial charge in [-0.2, -0.15) is 0 Å². The summed E-state index contributed by atoms with van der Waals surface area (Å²) in [5.74, 6) is 0.355. The van der Waals surface area contributed by atoms with Gasteiger partial charge in [0, 0.05) is 26.1 Å². The van der Waals surface area contributed by atoms with Gasteiger partial charge in [-0.15, -0.1) is 12.4 Å². The van der Waals surface area contributed by atoms with E-state index in [1.165, 1.54) is 38.5 Å². The maximum absolute atomic E-state index is 12.4. The van der Waals surface area contributed by atoms with E-state index in [0.717, 1.165) is 45.6 Å². The number of rotatable bonds is 3. The molecule has 22 heavy (non-hydrogen) atoms. The topological polar surface area (TPSA) is 41.6 Å². The summed E-state index contributed by atoms with van der Waals surface area (Å²) in [6.45, 7) is 5.16. The number of nitrogens with one attached hydrogen (secondary N) is 1. The molecule has 1 amide bonds. The second-order valence-electron chi connectivity index (χ2n) is 7.16. The summed E-state index contributed by atoms with van der Waals surface area (Å²) in [5, 5.41) is 3.45. The molecule has 3 aliphatic heterocycles. The van der Waals surface area contributed by atoms with Crippen LogP contribution in [0.4, 0.5) is 0 Å². The first-order valence-electron chi connectivity index (χ1n) is 8.88. The molecule has 0 aliphatic carbocycles. The Bertz CT molecular complexity index is 343. The number of ether oxygens (including phenoxy) is 1. The largest absolute Gasteiger partial charge is 0.378 e. The van der Waals surface area contributed by atoms with Gasteiger partial charge >= 0.3 is 0 Å². The van der Waals surface area contributed by atoms with Crippen molar-refractivity contribution in [2.45, 2.75) is 63.9 Å². The Morgan fingerprint density at radius 3 is 2.50 bits per heavy atom. The number of nitrogens with zero attached hydrogens (tertiary/aromatic N) is 1. The van der Waals surface area contributed by atoms with E-state index in [0.29, 0.717) is 23.8 Å². The molecular formula is C17H31ClN2O2. The standard InChI is InChI=1S/C17H30N2O2.ClH/c20-16(5-4-15-3-1-2-14-21-15)19-12-8-17(9-13-19)6-10-18-11-7-17;/h15,18H,1-14H2;1H. The Labute approximate surface area is 140 Å². The zero-order valence-electron chi connectivity index (χ0n) is 13.6. The van der Waals surface area contributed by atoms with Crippen molar-refractivity contribution < 1.29 is 9.53 Å². The van der Waals surface area contributed by atoms with Crippen molar-refractivity contribution in [1.82, 2.24) is 10.2 Å². The SMILES string of the molecule is Cl.O=C(CCC1CCCCO1)N1CCC2(CCNCC2)CC1. The van der Waals surface area contributed by atoms with Crippen LogP contribution in [0.2, 0.25) is 0 Å². The molecule has 0 aromatic rings. The van der Waals surface area contributed by atoms with Gasteiger partial charge in [0.15, 0.2) is 0 Å². The lowest BCUT2D eigenvalue weighted by molar-refractivity contribution is -0.134. The minimum atomic E-state index is 0. The van der Waals surface area contributed by atoms with Gasteiger partial charge in [-0.1, -0.05) is 0 Å². The summed E-state index contributed by atoms with van der Waals surface area (Å²) in [6, 6.07) is 0. The molecule has 3 rings (SSSR count). The van der Waals surface area contributed by atoms with Gasteiger partial charge in [0.05, 0.1) is 6.10 Å². The molecule has 4 nitrogen and oxygen atoms in total.